The zero-order chi connectivity index (χ0) is 13.0. The minimum atomic E-state index is -1.02. The largest absolute Gasteiger partial charge is 0.469 e. The van der Waals surface area contributed by atoms with Crippen LogP contribution in [0.15, 0.2) is 22.8 Å². The van der Waals surface area contributed by atoms with Crippen LogP contribution in [0.4, 0.5) is 0 Å². The molecule has 1 atom stereocenters. The van der Waals surface area contributed by atoms with Gasteiger partial charge in [0.25, 0.3) is 0 Å². The lowest BCUT2D eigenvalue weighted by molar-refractivity contribution is -0.484. The van der Waals surface area contributed by atoms with Gasteiger partial charge in [-0.1, -0.05) is 0 Å². The molecule has 6 heteroatoms. The SMILES string of the molecule is CC(=O)C(C(C)=O)[C@@H](C[N+](=O)[O-])c1ccco1. The Hall–Kier alpha value is -1.98. The van der Waals surface area contributed by atoms with E-state index < -0.39 is 23.3 Å². The van der Waals surface area contributed by atoms with Crippen LogP contribution < -0.4 is 0 Å². The Morgan fingerprint density at radius 1 is 1.41 bits per heavy atom. The fraction of sp³-hybridized carbons (Fsp3) is 0.455. The summed E-state index contributed by atoms with van der Waals surface area (Å²) in [6, 6.07) is 3.10. The van der Waals surface area contributed by atoms with E-state index >= 15 is 0 Å². The van der Waals surface area contributed by atoms with Crippen LogP contribution in [0.5, 0.6) is 0 Å². The normalized spacial score (nSPS) is 12.4. The Bertz CT molecular complexity index is 409. The van der Waals surface area contributed by atoms with Crippen molar-refractivity contribution in [1.29, 1.82) is 0 Å². The zero-order valence-electron chi connectivity index (χ0n) is 9.58. The van der Waals surface area contributed by atoms with Crippen LogP contribution in [0.3, 0.4) is 0 Å². The fourth-order valence-corrected chi connectivity index (χ4v) is 1.88. The summed E-state index contributed by atoms with van der Waals surface area (Å²) in [4.78, 5) is 32.9. The number of nitro groups is 1. The lowest BCUT2D eigenvalue weighted by Gasteiger charge is -2.17. The molecule has 0 radical (unpaired) electrons. The molecule has 0 saturated heterocycles. The summed E-state index contributed by atoms with van der Waals surface area (Å²) >= 11 is 0. The summed E-state index contributed by atoms with van der Waals surface area (Å²) in [6.45, 7) is 2.00. The van der Waals surface area contributed by atoms with Crippen molar-refractivity contribution in [3.05, 3.63) is 34.3 Å². The Labute approximate surface area is 97.8 Å². The molecule has 1 aromatic rings. The van der Waals surface area contributed by atoms with Crippen LogP contribution >= 0.6 is 0 Å². The summed E-state index contributed by atoms with van der Waals surface area (Å²) in [7, 11) is 0. The van der Waals surface area contributed by atoms with Crippen LogP contribution in [0, 0.1) is 16.0 Å². The van der Waals surface area contributed by atoms with Gasteiger partial charge in [-0.25, -0.2) is 0 Å². The van der Waals surface area contributed by atoms with E-state index in [4.69, 9.17) is 4.42 Å². The Morgan fingerprint density at radius 2 is 2.00 bits per heavy atom. The second-order valence-electron chi connectivity index (χ2n) is 3.84. The first-order chi connectivity index (χ1) is 7.93. The Balaban J connectivity index is 3.08. The van der Waals surface area contributed by atoms with Crippen LogP contribution in [-0.4, -0.2) is 23.0 Å². The summed E-state index contributed by atoms with van der Waals surface area (Å²) in [6.07, 6.45) is 1.36. The Morgan fingerprint density at radius 3 is 2.35 bits per heavy atom. The first kappa shape index (κ1) is 13.1. The minimum absolute atomic E-state index is 0.289. The van der Waals surface area contributed by atoms with E-state index in [2.05, 4.69) is 0 Å². The molecular weight excluding hydrogens is 226 g/mol. The van der Waals surface area contributed by atoms with Crippen molar-refractivity contribution >= 4 is 11.6 Å². The highest BCUT2D eigenvalue weighted by atomic mass is 16.6. The van der Waals surface area contributed by atoms with E-state index in [1.165, 1.54) is 26.2 Å². The third-order valence-electron chi connectivity index (χ3n) is 2.53. The highest BCUT2D eigenvalue weighted by Gasteiger charge is 2.36. The number of carbonyl (C=O) groups excluding carboxylic acids is 2. The molecule has 0 aliphatic rings. The second kappa shape index (κ2) is 5.38. The molecule has 0 bridgehead atoms. The van der Waals surface area contributed by atoms with Gasteiger partial charge in [0.15, 0.2) is 0 Å². The third kappa shape index (κ3) is 3.24. The number of ketones is 2. The Kier molecular flexibility index (Phi) is 4.14. The van der Waals surface area contributed by atoms with Crippen molar-refractivity contribution in [1.82, 2.24) is 0 Å². The molecule has 6 nitrogen and oxygen atoms in total. The van der Waals surface area contributed by atoms with E-state index in [0.29, 0.717) is 0 Å². The molecule has 0 spiro atoms. The van der Waals surface area contributed by atoms with E-state index in [1.54, 1.807) is 6.07 Å². The summed E-state index contributed by atoms with van der Waals surface area (Å²) < 4.78 is 5.07. The highest BCUT2D eigenvalue weighted by Crippen LogP contribution is 2.27. The van der Waals surface area contributed by atoms with E-state index in [0.717, 1.165) is 0 Å². The van der Waals surface area contributed by atoms with Crippen LogP contribution in [0.1, 0.15) is 25.5 Å². The molecular formula is C11H13NO5. The predicted octanol–water partition coefficient (Wildman–Crippen LogP) is 1.43. The molecule has 0 fully saturated rings. The van der Waals surface area contributed by atoms with E-state index in [9.17, 15) is 19.7 Å². The molecule has 0 aliphatic carbocycles. The van der Waals surface area contributed by atoms with Gasteiger partial charge in [0, 0.05) is 4.92 Å². The monoisotopic (exact) mass is 239 g/mol. The van der Waals surface area contributed by atoms with Gasteiger partial charge >= 0.3 is 0 Å². The maximum absolute atomic E-state index is 11.4. The van der Waals surface area contributed by atoms with Gasteiger partial charge in [-0.3, -0.25) is 19.7 Å². The van der Waals surface area contributed by atoms with Crippen molar-refractivity contribution < 1.29 is 18.9 Å². The average Bonchev–Trinajstić information content (AvgIpc) is 2.66. The van der Waals surface area contributed by atoms with Crippen molar-refractivity contribution in [2.24, 2.45) is 5.92 Å². The van der Waals surface area contributed by atoms with Gasteiger partial charge in [0.1, 0.15) is 17.3 Å². The average molecular weight is 239 g/mol. The number of carbonyl (C=O) groups is 2. The molecule has 17 heavy (non-hydrogen) atoms. The number of hydrogen-bond donors (Lipinski definition) is 0. The standard InChI is InChI=1S/C11H13NO5/c1-7(13)11(8(2)14)9(6-12(15)16)10-4-3-5-17-10/h3-5,9,11H,6H2,1-2H3/t9-/m0/s1. The molecule has 92 valence electrons. The molecule has 1 rings (SSSR count). The van der Waals surface area contributed by atoms with Gasteiger partial charge in [-0.05, 0) is 26.0 Å². The van der Waals surface area contributed by atoms with Crippen molar-refractivity contribution in [3.8, 4) is 0 Å². The lowest BCUT2D eigenvalue weighted by Crippen LogP contribution is -2.31. The second-order valence-corrected chi connectivity index (χ2v) is 3.84. The first-order valence-electron chi connectivity index (χ1n) is 5.09. The molecule has 0 amide bonds. The fourth-order valence-electron chi connectivity index (χ4n) is 1.88. The quantitative estimate of drug-likeness (QED) is 0.425. The molecule has 0 saturated carbocycles. The number of Topliss-reactive ketones (excluding diaryl/α,β-unsaturated/α-hetero) is 2. The molecule has 1 aromatic heterocycles. The topological polar surface area (TPSA) is 90.4 Å². The summed E-state index contributed by atoms with van der Waals surface area (Å²) in [5.41, 5.74) is 0. The van der Waals surface area contributed by atoms with E-state index in [1.807, 2.05) is 0 Å². The molecule has 0 unspecified atom stereocenters. The third-order valence-corrected chi connectivity index (χ3v) is 2.53. The number of nitrogens with zero attached hydrogens (tertiary/aromatic N) is 1. The number of hydrogen-bond acceptors (Lipinski definition) is 5. The zero-order valence-corrected chi connectivity index (χ0v) is 9.58. The number of rotatable bonds is 6. The highest BCUT2D eigenvalue weighted by molar-refractivity contribution is 6.01. The van der Waals surface area contributed by atoms with Gasteiger partial charge in [-0.15, -0.1) is 0 Å². The predicted molar refractivity (Wildman–Crippen MR) is 58.2 cm³/mol. The summed E-state index contributed by atoms with van der Waals surface area (Å²) in [5.74, 6) is -2.35. The lowest BCUT2D eigenvalue weighted by atomic mass is 9.84. The minimum Gasteiger partial charge on any atom is -0.469 e. The van der Waals surface area contributed by atoms with Crippen molar-refractivity contribution in [3.63, 3.8) is 0 Å². The summed E-state index contributed by atoms with van der Waals surface area (Å²) in [5, 5.41) is 10.6. The maximum Gasteiger partial charge on any atom is 0.214 e. The van der Waals surface area contributed by atoms with Gasteiger partial charge < -0.3 is 4.42 Å². The molecule has 0 N–H and O–H groups in total. The van der Waals surface area contributed by atoms with Gasteiger partial charge in [0.05, 0.1) is 18.1 Å². The first-order valence-corrected chi connectivity index (χ1v) is 5.09. The van der Waals surface area contributed by atoms with Crippen LogP contribution in [-0.2, 0) is 9.59 Å². The van der Waals surface area contributed by atoms with E-state index in [-0.39, 0.29) is 17.3 Å². The van der Waals surface area contributed by atoms with Crippen LogP contribution in [0.2, 0.25) is 0 Å². The van der Waals surface area contributed by atoms with Gasteiger partial charge in [0.2, 0.25) is 6.54 Å². The molecule has 0 aromatic carbocycles. The smallest absolute Gasteiger partial charge is 0.214 e. The maximum atomic E-state index is 11.4. The van der Waals surface area contributed by atoms with Crippen molar-refractivity contribution in [2.45, 2.75) is 19.8 Å². The van der Waals surface area contributed by atoms with Crippen LogP contribution in [0.25, 0.3) is 0 Å². The molecule has 0 aliphatic heterocycles. The number of furan rings is 1. The van der Waals surface area contributed by atoms with Crippen molar-refractivity contribution in [2.75, 3.05) is 6.54 Å². The molecule has 1 heterocycles. The van der Waals surface area contributed by atoms with Gasteiger partial charge in [-0.2, -0.15) is 0 Å².